The van der Waals surface area contributed by atoms with Gasteiger partial charge >= 0.3 is 0 Å². The number of morpholine rings is 1. The number of benzene rings is 2. The molecule has 2 heterocycles. The molecule has 9 nitrogen and oxygen atoms in total. The minimum atomic E-state index is -3.73. The third kappa shape index (κ3) is 5.47. The van der Waals surface area contributed by atoms with Crippen molar-refractivity contribution in [2.24, 2.45) is 0 Å². The summed E-state index contributed by atoms with van der Waals surface area (Å²) >= 11 is 0. The molecule has 2 aromatic rings. The van der Waals surface area contributed by atoms with Crippen LogP contribution in [-0.2, 0) is 19.5 Å². The normalized spacial score (nSPS) is 19.2. The summed E-state index contributed by atoms with van der Waals surface area (Å²) in [5.41, 5.74) is 0.588. The summed E-state index contributed by atoms with van der Waals surface area (Å²) in [5.74, 6) is 0.348. The number of nitrogens with one attached hydrogen (secondary N) is 1. The Morgan fingerprint density at radius 2 is 1.91 bits per heavy atom. The first-order chi connectivity index (χ1) is 16.0. The van der Waals surface area contributed by atoms with Gasteiger partial charge in [0.2, 0.25) is 10.0 Å². The molecule has 178 valence electrons. The standard InChI is InChI=1S/C23H28N2O7S/c1-29-22-9-8-18(33(27,28)25-10-13-30-14-11-25)15-20(22)24-23(26)19-6-2-3-7-21(19)32-16-17-5-4-12-31-17/h2-3,6-9,15,17H,4-5,10-14,16H2,1H3,(H,24,26). The van der Waals surface area contributed by atoms with Crippen LogP contribution in [0.1, 0.15) is 23.2 Å². The number of rotatable bonds is 8. The number of carbonyl (C=O) groups is 1. The van der Waals surface area contributed by atoms with Crippen molar-refractivity contribution < 1.29 is 32.2 Å². The van der Waals surface area contributed by atoms with Gasteiger partial charge in [-0.05, 0) is 43.2 Å². The van der Waals surface area contributed by atoms with Crippen molar-refractivity contribution in [3.8, 4) is 11.5 Å². The second-order valence-electron chi connectivity index (χ2n) is 7.77. The predicted molar refractivity (Wildman–Crippen MR) is 121 cm³/mol. The topological polar surface area (TPSA) is 103 Å². The van der Waals surface area contributed by atoms with Gasteiger partial charge in [-0.3, -0.25) is 4.79 Å². The van der Waals surface area contributed by atoms with E-state index in [4.69, 9.17) is 18.9 Å². The number of anilines is 1. The predicted octanol–water partition coefficient (Wildman–Crippen LogP) is 2.53. The molecule has 4 rings (SSSR count). The molecule has 2 saturated heterocycles. The zero-order chi connectivity index (χ0) is 23.3. The minimum Gasteiger partial charge on any atom is -0.495 e. The second kappa shape index (κ2) is 10.5. The summed E-state index contributed by atoms with van der Waals surface area (Å²) < 4.78 is 49.5. The molecular weight excluding hydrogens is 448 g/mol. The maximum Gasteiger partial charge on any atom is 0.259 e. The number of methoxy groups -OCH3 is 1. The number of hydrogen-bond donors (Lipinski definition) is 1. The number of para-hydroxylation sites is 1. The summed E-state index contributed by atoms with van der Waals surface area (Å²) in [7, 11) is -2.27. The van der Waals surface area contributed by atoms with Crippen LogP contribution in [0, 0.1) is 0 Å². The van der Waals surface area contributed by atoms with Crippen LogP contribution in [0.2, 0.25) is 0 Å². The van der Waals surface area contributed by atoms with Crippen LogP contribution in [0.15, 0.2) is 47.4 Å². The average molecular weight is 477 g/mol. The lowest BCUT2D eigenvalue weighted by molar-refractivity contribution is 0.0673. The third-order valence-corrected chi connectivity index (χ3v) is 7.50. The second-order valence-corrected chi connectivity index (χ2v) is 9.71. The average Bonchev–Trinajstić information content (AvgIpc) is 3.37. The number of carbonyl (C=O) groups excluding carboxylic acids is 1. The van der Waals surface area contributed by atoms with Crippen molar-refractivity contribution in [1.82, 2.24) is 4.31 Å². The van der Waals surface area contributed by atoms with E-state index >= 15 is 0 Å². The molecule has 0 aliphatic carbocycles. The van der Waals surface area contributed by atoms with Crippen molar-refractivity contribution in [1.29, 1.82) is 0 Å². The number of ether oxygens (including phenoxy) is 4. The molecule has 2 aliphatic rings. The van der Waals surface area contributed by atoms with Crippen LogP contribution in [0.4, 0.5) is 5.69 Å². The molecule has 0 aromatic heterocycles. The van der Waals surface area contributed by atoms with Gasteiger partial charge in [0.15, 0.2) is 0 Å². The fourth-order valence-electron chi connectivity index (χ4n) is 3.81. The minimum absolute atomic E-state index is 0.0169. The molecular formula is C23H28N2O7S. The van der Waals surface area contributed by atoms with E-state index in [1.165, 1.54) is 29.6 Å². The fraction of sp³-hybridized carbons (Fsp3) is 0.435. The van der Waals surface area contributed by atoms with Gasteiger partial charge in [-0.2, -0.15) is 4.31 Å². The fourth-order valence-corrected chi connectivity index (χ4v) is 5.24. The van der Waals surface area contributed by atoms with E-state index < -0.39 is 15.9 Å². The molecule has 1 unspecified atom stereocenters. The Labute approximate surface area is 193 Å². The summed E-state index contributed by atoms with van der Waals surface area (Å²) in [6.45, 7) is 2.35. The van der Waals surface area contributed by atoms with Crippen LogP contribution in [0.25, 0.3) is 0 Å². The Balaban J connectivity index is 1.54. The molecule has 33 heavy (non-hydrogen) atoms. The van der Waals surface area contributed by atoms with E-state index in [-0.39, 0.29) is 29.8 Å². The summed E-state index contributed by atoms with van der Waals surface area (Å²) in [6, 6.07) is 11.3. The smallest absolute Gasteiger partial charge is 0.259 e. The molecule has 0 saturated carbocycles. The maximum atomic E-state index is 13.1. The van der Waals surface area contributed by atoms with Gasteiger partial charge in [-0.25, -0.2) is 8.42 Å². The molecule has 10 heteroatoms. The van der Waals surface area contributed by atoms with Gasteiger partial charge in [0.1, 0.15) is 18.1 Å². The molecule has 1 N–H and O–H groups in total. The number of nitrogens with zero attached hydrogens (tertiary/aromatic N) is 1. The van der Waals surface area contributed by atoms with Crippen LogP contribution < -0.4 is 14.8 Å². The van der Waals surface area contributed by atoms with Crippen LogP contribution in [0.5, 0.6) is 11.5 Å². The first-order valence-corrected chi connectivity index (χ1v) is 12.3. The van der Waals surface area contributed by atoms with Gasteiger partial charge in [0, 0.05) is 19.7 Å². The van der Waals surface area contributed by atoms with Gasteiger partial charge in [-0.1, -0.05) is 12.1 Å². The zero-order valence-corrected chi connectivity index (χ0v) is 19.3. The summed E-state index contributed by atoms with van der Waals surface area (Å²) in [4.78, 5) is 13.2. The monoisotopic (exact) mass is 476 g/mol. The molecule has 1 atom stereocenters. The van der Waals surface area contributed by atoms with Gasteiger partial charge in [0.05, 0.1) is 42.6 Å². The highest BCUT2D eigenvalue weighted by Gasteiger charge is 2.27. The Kier molecular flexibility index (Phi) is 7.49. The quantitative estimate of drug-likeness (QED) is 0.624. The first-order valence-electron chi connectivity index (χ1n) is 10.9. The molecule has 2 aliphatic heterocycles. The highest BCUT2D eigenvalue weighted by atomic mass is 32.2. The van der Waals surface area contributed by atoms with Crippen molar-refractivity contribution in [3.05, 3.63) is 48.0 Å². The number of amides is 1. The molecule has 2 aromatic carbocycles. The number of hydrogen-bond acceptors (Lipinski definition) is 7. The Morgan fingerprint density at radius 1 is 1.12 bits per heavy atom. The lowest BCUT2D eigenvalue weighted by Gasteiger charge is -2.26. The SMILES string of the molecule is COc1ccc(S(=O)(=O)N2CCOCC2)cc1NC(=O)c1ccccc1OCC1CCCO1. The van der Waals surface area contributed by atoms with Crippen molar-refractivity contribution in [3.63, 3.8) is 0 Å². The zero-order valence-electron chi connectivity index (χ0n) is 18.5. The molecule has 0 bridgehead atoms. The highest BCUT2D eigenvalue weighted by molar-refractivity contribution is 7.89. The molecule has 0 radical (unpaired) electrons. The van der Waals surface area contributed by atoms with E-state index in [0.29, 0.717) is 36.9 Å². The lowest BCUT2D eigenvalue weighted by Crippen LogP contribution is -2.40. The Morgan fingerprint density at radius 3 is 2.64 bits per heavy atom. The van der Waals surface area contributed by atoms with E-state index in [2.05, 4.69) is 5.32 Å². The third-order valence-electron chi connectivity index (χ3n) is 5.61. The van der Waals surface area contributed by atoms with Crippen LogP contribution in [0.3, 0.4) is 0 Å². The van der Waals surface area contributed by atoms with Crippen LogP contribution >= 0.6 is 0 Å². The van der Waals surface area contributed by atoms with Gasteiger partial charge < -0.3 is 24.3 Å². The van der Waals surface area contributed by atoms with Gasteiger partial charge in [-0.15, -0.1) is 0 Å². The van der Waals surface area contributed by atoms with E-state index in [0.717, 1.165) is 19.4 Å². The first kappa shape index (κ1) is 23.5. The maximum absolute atomic E-state index is 13.1. The molecule has 1 amide bonds. The van der Waals surface area contributed by atoms with Gasteiger partial charge in [0.25, 0.3) is 5.91 Å². The Hall–Kier alpha value is -2.66. The number of sulfonamides is 1. The van der Waals surface area contributed by atoms with E-state index in [1.807, 2.05) is 0 Å². The largest absolute Gasteiger partial charge is 0.495 e. The van der Waals surface area contributed by atoms with Crippen molar-refractivity contribution in [2.75, 3.05) is 51.9 Å². The highest BCUT2D eigenvalue weighted by Crippen LogP contribution is 2.30. The van der Waals surface area contributed by atoms with Crippen molar-refractivity contribution in [2.45, 2.75) is 23.8 Å². The van der Waals surface area contributed by atoms with Crippen molar-refractivity contribution >= 4 is 21.6 Å². The Bertz CT molecular complexity index is 1080. The lowest BCUT2D eigenvalue weighted by atomic mass is 10.1. The molecule has 2 fully saturated rings. The molecule has 0 spiro atoms. The summed E-state index contributed by atoms with van der Waals surface area (Å²) in [5, 5.41) is 2.78. The summed E-state index contributed by atoms with van der Waals surface area (Å²) in [6.07, 6.45) is 1.94. The van der Waals surface area contributed by atoms with Crippen LogP contribution in [-0.4, -0.2) is 71.4 Å². The van der Waals surface area contributed by atoms with E-state index in [1.54, 1.807) is 24.3 Å². The van der Waals surface area contributed by atoms with E-state index in [9.17, 15) is 13.2 Å².